The third-order valence-electron chi connectivity index (χ3n) is 3.16. The third kappa shape index (κ3) is 7.03. The predicted molar refractivity (Wildman–Crippen MR) is 96.6 cm³/mol. The summed E-state index contributed by atoms with van der Waals surface area (Å²) in [6, 6.07) is 23.1. The zero-order chi connectivity index (χ0) is 16.9. The van der Waals surface area contributed by atoms with Crippen molar-refractivity contribution >= 4 is 0 Å². The highest BCUT2D eigenvalue weighted by atomic mass is 16.5. The molecular formula is C20H23N3O. The molecule has 0 aliphatic heterocycles. The van der Waals surface area contributed by atoms with Crippen LogP contribution in [0.4, 0.5) is 0 Å². The summed E-state index contributed by atoms with van der Waals surface area (Å²) in [5, 5.41) is 3.42. The van der Waals surface area contributed by atoms with E-state index in [1.54, 1.807) is 18.5 Å². The summed E-state index contributed by atoms with van der Waals surface area (Å²) < 4.78 is 4.98. The molecule has 0 radical (unpaired) electrons. The Bertz CT molecular complexity index is 621. The average molecular weight is 321 g/mol. The number of aromatic nitrogens is 2. The molecule has 3 rings (SSSR count). The molecule has 0 aliphatic rings. The Morgan fingerprint density at radius 2 is 1.25 bits per heavy atom. The second-order valence-electron chi connectivity index (χ2n) is 5.04. The molecule has 0 saturated heterocycles. The average Bonchev–Trinajstić information content (AvgIpc) is 2.65. The maximum absolute atomic E-state index is 4.98. The molecule has 24 heavy (non-hydrogen) atoms. The molecule has 0 bridgehead atoms. The molecule has 0 spiro atoms. The van der Waals surface area contributed by atoms with Crippen LogP contribution in [0.3, 0.4) is 0 Å². The molecule has 0 aliphatic carbocycles. The zero-order valence-electron chi connectivity index (χ0n) is 13.9. The first-order chi connectivity index (χ1) is 11.9. The molecule has 0 unspecified atom stereocenters. The van der Waals surface area contributed by atoms with E-state index >= 15 is 0 Å². The van der Waals surface area contributed by atoms with Crippen molar-refractivity contribution in [2.24, 2.45) is 0 Å². The van der Waals surface area contributed by atoms with Gasteiger partial charge in [0, 0.05) is 25.5 Å². The van der Waals surface area contributed by atoms with Crippen LogP contribution in [0, 0.1) is 0 Å². The fourth-order valence-electron chi connectivity index (χ4n) is 2.03. The summed E-state index contributed by atoms with van der Waals surface area (Å²) in [6.45, 7) is 4.37. The van der Waals surface area contributed by atoms with Crippen LogP contribution < -0.4 is 10.1 Å². The lowest BCUT2D eigenvalue weighted by atomic mass is 10.2. The van der Waals surface area contributed by atoms with Gasteiger partial charge in [-0.3, -0.25) is 0 Å². The smallest absolute Gasteiger partial charge is 0.316 e. The van der Waals surface area contributed by atoms with E-state index in [9.17, 15) is 0 Å². The van der Waals surface area contributed by atoms with Crippen molar-refractivity contribution in [3.05, 3.63) is 90.3 Å². The van der Waals surface area contributed by atoms with Gasteiger partial charge in [0.15, 0.2) is 0 Å². The topological polar surface area (TPSA) is 47.0 Å². The molecule has 2 aromatic carbocycles. The Morgan fingerprint density at radius 1 is 0.750 bits per heavy atom. The highest BCUT2D eigenvalue weighted by molar-refractivity contribution is 5.16. The maximum Gasteiger partial charge on any atom is 0.316 e. The molecule has 3 aromatic rings. The Kier molecular flexibility index (Phi) is 8.02. The zero-order valence-corrected chi connectivity index (χ0v) is 13.9. The maximum atomic E-state index is 4.98. The van der Waals surface area contributed by atoms with Crippen LogP contribution in [-0.4, -0.2) is 16.6 Å². The van der Waals surface area contributed by atoms with E-state index in [0.29, 0.717) is 12.6 Å². The van der Waals surface area contributed by atoms with Gasteiger partial charge in [-0.2, -0.15) is 0 Å². The highest BCUT2D eigenvalue weighted by Gasteiger charge is 1.92. The summed E-state index contributed by atoms with van der Waals surface area (Å²) in [5.41, 5.74) is 2.65. The van der Waals surface area contributed by atoms with Gasteiger partial charge in [0.2, 0.25) is 0 Å². The molecule has 0 atom stereocenters. The van der Waals surface area contributed by atoms with Crippen LogP contribution in [0.2, 0.25) is 0 Å². The molecule has 4 nitrogen and oxygen atoms in total. The van der Waals surface area contributed by atoms with Gasteiger partial charge in [-0.15, -0.1) is 0 Å². The van der Waals surface area contributed by atoms with Gasteiger partial charge in [-0.1, -0.05) is 60.7 Å². The van der Waals surface area contributed by atoms with E-state index < -0.39 is 0 Å². The predicted octanol–water partition coefficient (Wildman–Crippen LogP) is 3.85. The summed E-state index contributed by atoms with van der Waals surface area (Å²) >= 11 is 0. The van der Waals surface area contributed by atoms with Crippen LogP contribution in [0.25, 0.3) is 0 Å². The molecule has 1 heterocycles. The van der Waals surface area contributed by atoms with Crippen LogP contribution in [0.1, 0.15) is 18.1 Å². The minimum Gasteiger partial charge on any atom is -0.464 e. The van der Waals surface area contributed by atoms with Crippen LogP contribution >= 0.6 is 0 Å². The number of ether oxygens (including phenoxy) is 1. The fourth-order valence-corrected chi connectivity index (χ4v) is 2.03. The SMILES string of the molecule is CCOc1ncccn1.c1ccc(CNCc2ccccc2)cc1. The van der Waals surface area contributed by atoms with Gasteiger partial charge in [-0.05, 0) is 24.1 Å². The van der Waals surface area contributed by atoms with Crippen molar-refractivity contribution in [3.63, 3.8) is 0 Å². The lowest BCUT2D eigenvalue weighted by Crippen LogP contribution is -2.12. The molecule has 0 saturated carbocycles. The molecule has 1 aromatic heterocycles. The Hall–Kier alpha value is -2.72. The van der Waals surface area contributed by atoms with Crippen LogP contribution in [-0.2, 0) is 13.1 Å². The largest absolute Gasteiger partial charge is 0.464 e. The molecule has 4 heteroatoms. The number of rotatable bonds is 6. The summed E-state index contributed by atoms with van der Waals surface area (Å²) in [4.78, 5) is 7.67. The molecule has 124 valence electrons. The first kappa shape index (κ1) is 17.6. The Balaban J connectivity index is 0.000000198. The minimum absolute atomic E-state index is 0.444. The van der Waals surface area contributed by atoms with E-state index in [-0.39, 0.29) is 0 Å². The quantitative estimate of drug-likeness (QED) is 0.749. The van der Waals surface area contributed by atoms with Gasteiger partial charge < -0.3 is 10.1 Å². The van der Waals surface area contributed by atoms with Crippen molar-refractivity contribution in [3.8, 4) is 6.01 Å². The van der Waals surface area contributed by atoms with E-state index in [2.05, 4.69) is 63.8 Å². The molecular weight excluding hydrogens is 298 g/mol. The van der Waals surface area contributed by atoms with E-state index in [1.165, 1.54) is 11.1 Å². The lowest BCUT2D eigenvalue weighted by molar-refractivity contribution is 0.312. The summed E-state index contributed by atoms with van der Waals surface area (Å²) in [7, 11) is 0. The van der Waals surface area contributed by atoms with Gasteiger partial charge in [0.05, 0.1) is 6.61 Å². The van der Waals surface area contributed by atoms with Crippen molar-refractivity contribution in [1.82, 2.24) is 15.3 Å². The lowest BCUT2D eigenvalue weighted by Gasteiger charge is -2.04. The second-order valence-corrected chi connectivity index (χ2v) is 5.04. The number of benzene rings is 2. The summed E-state index contributed by atoms with van der Waals surface area (Å²) in [5.74, 6) is 0. The number of nitrogens with zero attached hydrogens (tertiary/aromatic N) is 2. The van der Waals surface area contributed by atoms with Gasteiger partial charge >= 0.3 is 6.01 Å². The molecule has 1 N–H and O–H groups in total. The first-order valence-corrected chi connectivity index (χ1v) is 8.07. The van der Waals surface area contributed by atoms with Crippen LogP contribution in [0.15, 0.2) is 79.1 Å². The van der Waals surface area contributed by atoms with Crippen molar-refractivity contribution in [2.45, 2.75) is 20.0 Å². The van der Waals surface area contributed by atoms with E-state index in [4.69, 9.17) is 4.74 Å². The van der Waals surface area contributed by atoms with Crippen molar-refractivity contribution in [1.29, 1.82) is 0 Å². The number of nitrogens with one attached hydrogen (secondary N) is 1. The molecule has 0 fully saturated rings. The Labute approximate surface area is 143 Å². The summed E-state index contributed by atoms with van der Waals surface area (Å²) in [6.07, 6.45) is 3.30. The van der Waals surface area contributed by atoms with E-state index in [0.717, 1.165) is 13.1 Å². The minimum atomic E-state index is 0.444. The fraction of sp³-hybridized carbons (Fsp3) is 0.200. The second kappa shape index (κ2) is 10.9. The monoisotopic (exact) mass is 321 g/mol. The normalized spacial score (nSPS) is 9.71. The standard InChI is InChI=1S/C14H15N.C6H8N2O/c1-3-7-13(8-4-1)11-15-12-14-9-5-2-6-10-14;1-2-9-6-7-4-3-5-8-6/h1-10,15H,11-12H2;3-5H,2H2,1H3. The molecule has 0 amide bonds. The van der Waals surface area contributed by atoms with Crippen LogP contribution in [0.5, 0.6) is 6.01 Å². The van der Waals surface area contributed by atoms with Gasteiger partial charge in [-0.25, -0.2) is 9.97 Å². The van der Waals surface area contributed by atoms with Crippen molar-refractivity contribution in [2.75, 3.05) is 6.61 Å². The van der Waals surface area contributed by atoms with Crippen molar-refractivity contribution < 1.29 is 4.74 Å². The Morgan fingerprint density at radius 3 is 1.71 bits per heavy atom. The van der Waals surface area contributed by atoms with Gasteiger partial charge in [0.1, 0.15) is 0 Å². The highest BCUT2D eigenvalue weighted by Crippen LogP contribution is 2.00. The van der Waals surface area contributed by atoms with E-state index in [1.807, 2.05) is 19.1 Å². The first-order valence-electron chi connectivity index (χ1n) is 8.07. The van der Waals surface area contributed by atoms with Gasteiger partial charge in [0.25, 0.3) is 0 Å². The number of hydrogen-bond donors (Lipinski definition) is 1. The third-order valence-corrected chi connectivity index (χ3v) is 3.16. The number of hydrogen-bond acceptors (Lipinski definition) is 4.